The molecule has 2 fully saturated rings. The van der Waals surface area contributed by atoms with E-state index in [0.717, 1.165) is 47.7 Å². The molecule has 0 radical (unpaired) electrons. The van der Waals surface area contributed by atoms with E-state index in [9.17, 15) is 14.4 Å². The van der Waals surface area contributed by atoms with Gasteiger partial charge in [0.1, 0.15) is 6.04 Å². The number of carbonyl (C=O) groups excluding carboxylic acids is 3. The fraction of sp³-hybridized carbons (Fsp3) is 0.364. The Hall–Kier alpha value is -3.68. The van der Waals surface area contributed by atoms with Crippen molar-refractivity contribution in [3.8, 4) is 0 Å². The Bertz CT molecular complexity index is 1400. The van der Waals surface area contributed by atoms with Crippen LogP contribution in [0.5, 0.6) is 0 Å². The summed E-state index contributed by atoms with van der Waals surface area (Å²) in [6.07, 6.45) is 9.00. The first-order valence-corrected chi connectivity index (χ1v) is 14.9. The second-order valence-electron chi connectivity index (χ2n) is 10.9. The van der Waals surface area contributed by atoms with E-state index in [4.69, 9.17) is 11.6 Å². The number of rotatable bonds is 8. The first-order chi connectivity index (χ1) is 20.0. The Kier molecular flexibility index (Phi) is 9.70. The van der Waals surface area contributed by atoms with Crippen LogP contribution < -0.4 is 20.9 Å². The number of anilines is 1. The number of halogens is 1. The third-order valence-electron chi connectivity index (χ3n) is 8.02. The number of nitrogens with zero attached hydrogens (tertiary/aromatic N) is 1. The average molecular weight is 573 g/mol. The van der Waals surface area contributed by atoms with Crippen LogP contribution in [0.25, 0.3) is 16.8 Å². The van der Waals surface area contributed by atoms with E-state index >= 15 is 0 Å². The molecule has 41 heavy (non-hydrogen) atoms. The van der Waals surface area contributed by atoms with Crippen LogP contribution >= 0.6 is 11.6 Å². The Labute approximate surface area is 246 Å². The zero-order valence-electron chi connectivity index (χ0n) is 23.2. The Balaban J connectivity index is 1.27. The minimum absolute atomic E-state index is 0.0173. The van der Waals surface area contributed by atoms with Gasteiger partial charge in [0.15, 0.2) is 0 Å². The van der Waals surface area contributed by atoms with Crippen molar-refractivity contribution in [3.05, 3.63) is 83.4 Å². The van der Waals surface area contributed by atoms with Gasteiger partial charge in [0.05, 0.1) is 0 Å². The normalized spacial score (nSPS) is 20.2. The van der Waals surface area contributed by atoms with Crippen molar-refractivity contribution in [1.29, 1.82) is 0 Å². The Morgan fingerprint density at radius 2 is 1.66 bits per heavy atom. The maximum Gasteiger partial charge on any atom is 0.245 e. The molecular formula is C33H37ClN4O3. The molecule has 7 nitrogen and oxygen atoms in total. The summed E-state index contributed by atoms with van der Waals surface area (Å²) >= 11 is 5.94. The topological polar surface area (TPSA) is 90.5 Å². The van der Waals surface area contributed by atoms with Gasteiger partial charge in [0.2, 0.25) is 17.7 Å². The van der Waals surface area contributed by atoms with Gasteiger partial charge in [-0.05, 0) is 65.9 Å². The Morgan fingerprint density at radius 3 is 2.44 bits per heavy atom. The van der Waals surface area contributed by atoms with Gasteiger partial charge in [0.25, 0.3) is 0 Å². The van der Waals surface area contributed by atoms with E-state index in [1.54, 1.807) is 23.1 Å². The summed E-state index contributed by atoms with van der Waals surface area (Å²) in [5.74, 6) is -0.256. The van der Waals surface area contributed by atoms with Crippen molar-refractivity contribution in [2.45, 2.75) is 50.6 Å². The largest absolute Gasteiger partial charge is 0.354 e. The highest BCUT2D eigenvalue weighted by molar-refractivity contribution is 6.30. The third-order valence-corrected chi connectivity index (χ3v) is 8.28. The molecule has 2 atom stereocenters. The zero-order chi connectivity index (χ0) is 28.6. The zero-order valence-corrected chi connectivity index (χ0v) is 23.9. The number of hydrogen-bond acceptors (Lipinski definition) is 4. The van der Waals surface area contributed by atoms with Gasteiger partial charge in [-0.1, -0.05) is 73.3 Å². The fourth-order valence-electron chi connectivity index (χ4n) is 5.67. The van der Waals surface area contributed by atoms with Gasteiger partial charge in [-0.25, -0.2) is 0 Å². The second kappa shape index (κ2) is 13.8. The van der Waals surface area contributed by atoms with E-state index in [1.807, 2.05) is 48.5 Å². The van der Waals surface area contributed by atoms with Crippen LogP contribution in [0.2, 0.25) is 5.02 Å². The van der Waals surface area contributed by atoms with Crippen LogP contribution in [-0.2, 0) is 14.4 Å². The number of benzene rings is 3. The lowest BCUT2D eigenvalue weighted by molar-refractivity contribution is -0.126. The molecule has 1 heterocycles. The van der Waals surface area contributed by atoms with E-state index in [1.165, 1.54) is 12.5 Å². The molecule has 3 amide bonds. The highest BCUT2D eigenvalue weighted by Crippen LogP contribution is 2.25. The van der Waals surface area contributed by atoms with Crippen molar-refractivity contribution in [1.82, 2.24) is 16.0 Å². The monoisotopic (exact) mass is 572 g/mol. The highest BCUT2D eigenvalue weighted by Gasteiger charge is 2.33. The van der Waals surface area contributed by atoms with Crippen molar-refractivity contribution < 1.29 is 14.4 Å². The van der Waals surface area contributed by atoms with Gasteiger partial charge >= 0.3 is 0 Å². The maximum absolute atomic E-state index is 13.8. The summed E-state index contributed by atoms with van der Waals surface area (Å²) in [5.41, 5.74) is 1.71. The molecule has 1 aliphatic carbocycles. The van der Waals surface area contributed by atoms with Crippen LogP contribution in [-0.4, -0.2) is 49.4 Å². The van der Waals surface area contributed by atoms with E-state index in [0.29, 0.717) is 24.5 Å². The van der Waals surface area contributed by atoms with Gasteiger partial charge in [-0.2, -0.15) is 0 Å². The van der Waals surface area contributed by atoms with Crippen LogP contribution in [0.3, 0.4) is 0 Å². The van der Waals surface area contributed by atoms with Crippen molar-refractivity contribution in [2.24, 2.45) is 5.92 Å². The first-order valence-electron chi connectivity index (χ1n) is 14.5. The highest BCUT2D eigenvalue weighted by atomic mass is 35.5. The summed E-state index contributed by atoms with van der Waals surface area (Å²) < 4.78 is 0. The molecule has 0 unspecified atom stereocenters. The molecule has 1 aliphatic heterocycles. The molecular weight excluding hydrogens is 536 g/mol. The van der Waals surface area contributed by atoms with E-state index in [-0.39, 0.29) is 36.2 Å². The van der Waals surface area contributed by atoms with E-state index in [2.05, 4.69) is 22.0 Å². The minimum atomic E-state index is -0.608. The molecule has 3 N–H and O–H groups in total. The summed E-state index contributed by atoms with van der Waals surface area (Å²) in [4.78, 5) is 41.1. The standard InChI is InChI=1S/C33H37ClN4O3/c34-27-14-10-23(11-15-27)12-17-31(39)35-21-28-18-19-38(29-16-13-24-6-4-5-9-26(24)20-29)33(41)30(37-28)22-36-32(40)25-7-2-1-3-8-25/h4-6,9-17,20,25,28,30,37H,1-3,7-8,18-19,21-22H2,(H,35,39)(H,36,40)/b17-12+/t28-,30-/m1/s1. The van der Waals surface area contributed by atoms with Gasteiger partial charge in [-0.15, -0.1) is 0 Å². The van der Waals surface area contributed by atoms with Crippen LogP contribution in [0.1, 0.15) is 44.1 Å². The van der Waals surface area contributed by atoms with Crippen molar-refractivity contribution >= 4 is 51.9 Å². The quantitative estimate of drug-likeness (QED) is 0.328. The molecule has 2 aliphatic rings. The smallest absolute Gasteiger partial charge is 0.245 e. The maximum atomic E-state index is 13.8. The molecule has 8 heteroatoms. The van der Waals surface area contributed by atoms with E-state index < -0.39 is 6.04 Å². The van der Waals surface area contributed by atoms with Gasteiger partial charge in [0, 0.05) is 48.4 Å². The minimum Gasteiger partial charge on any atom is -0.354 e. The lowest BCUT2D eigenvalue weighted by Crippen LogP contribution is -2.54. The molecule has 3 aromatic rings. The predicted octanol–water partition coefficient (Wildman–Crippen LogP) is 5.08. The lowest BCUT2D eigenvalue weighted by Gasteiger charge is -2.26. The molecule has 1 saturated heterocycles. The van der Waals surface area contributed by atoms with Gasteiger partial charge < -0.3 is 15.5 Å². The average Bonchev–Trinajstić information content (AvgIpc) is 3.16. The first kappa shape index (κ1) is 28.8. The predicted molar refractivity (Wildman–Crippen MR) is 165 cm³/mol. The molecule has 214 valence electrons. The molecule has 0 bridgehead atoms. The molecule has 5 rings (SSSR count). The number of amides is 3. The molecule has 3 aromatic carbocycles. The third kappa shape index (κ3) is 7.75. The summed E-state index contributed by atoms with van der Waals surface area (Å²) in [6, 6.07) is 20.6. The Morgan fingerprint density at radius 1 is 0.902 bits per heavy atom. The second-order valence-corrected chi connectivity index (χ2v) is 11.4. The van der Waals surface area contributed by atoms with Gasteiger partial charge in [-0.3, -0.25) is 19.7 Å². The number of hydrogen-bond donors (Lipinski definition) is 3. The fourth-order valence-corrected chi connectivity index (χ4v) is 5.80. The van der Waals surface area contributed by atoms with Crippen LogP contribution in [0.4, 0.5) is 5.69 Å². The number of nitrogens with one attached hydrogen (secondary N) is 3. The number of fused-ring (bicyclic) bond motifs is 1. The summed E-state index contributed by atoms with van der Waals surface area (Å²) in [6.45, 7) is 1.06. The number of carbonyl (C=O) groups is 3. The summed E-state index contributed by atoms with van der Waals surface area (Å²) in [7, 11) is 0. The molecule has 0 aromatic heterocycles. The molecule has 0 spiro atoms. The molecule has 1 saturated carbocycles. The lowest BCUT2D eigenvalue weighted by atomic mass is 9.88. The van der Waals surface area contributed by atoms with Crippen molar-refractivity contribution in [3.63, 3.8) is 0 Å². The van der Waals surface area contributed by atoms with Crippen molar-refractivity contribution in [2.75, 3.05) is 24.5 Å². The van der Waals surface area contributed by atoms with Crippen LogP contribution in [0.15, 0.2) is 72.8 Å². The summed E-state index contributed by atoms with van der Waals surface area (Å²) in [5, 5.41) is 12.3. The SMILES string of the molecule is O=C(/C=C/c1ccc(Cl)cc1)NC[C@H]1CCN(c2ccc3ccccc3c2)C(=O)[C@@H](CNC(=O)C2CCCCC2)N1. The van der Waals surface area contributed by atoms with Crippen LogP contribution in [0, 0.1) is 5.92 Å².